The summed E-state index contributed by atoms with van der Waals surface area (Å²) in [5, 5.41) is 0. The molecule has 2 nitrogen and oxygen atoms in total. The van der Waals surface area contributed by atoms with Gasteiger partial charge in [-0.3, -0.25) is 0 Å². The van der Waals surface area contributed by atoms with Crippen LogP contribution in [0.15, 0.2) is 115 Å². The zero-order chi connectivity index (χ0) is 21.3. The number of nitrogens with zero attached hydrogens (tertiary/aromatic N) is 1. The van der Waals surface area contributed by atoms with Gasteiger partial charge in [0.1, 0.15) is 11.5 Å². The molecule has 2 atom stereocenters. The average molecular weight is 414 g/mol. The quantitative estimate of drug-likeness (QED) is 0.327. The monoisotopic (exact) mass is 413 g/mol. The minimum Gasteiger partial charge on any atom is -0.461 e. The summed E-state index contributed by atoms with van der Waals surface area (Å²) in [6.07, 6.45) is 11.7. The van der Waals surface area contributed by atoms with E-state index in [2.05, 4.69) is 121 Å². The molecule has 4 aromatic rings. The third kappa shape index (κ3) is 2.00. The second-order valence-corrected chi connectivity index (χ2v) is 9.21. The van der Waals surface area contributed by atoms with E-state index in [0.29, 0.717) is 0 Å². The number of ether oxygens (including phenoxy) is 1. The van der Waals surface area contributed by atoms with Crippen LogP contribution in [0.25, 0.3) is 16.8 Å². The van der Waals surface area contributed by atoms with E-state index in [1.54, 1.807) is 0 Å². The molecule has 2 heteroatoms. The molecule has 2 unspecified atom stereocenters. The van der Waals surface area contributed by atoms with Gasteiger partial charge in [-0.25, -0.2) is 0 Å². The third-order valence-electron chi connectivity index (χ3n) is 7.72. The number of fused-ring (bicyclic) bond motifs is 9. The minimum atomic E-state index is -0.326. The fourth-order valence-corrected chi connectivity index (χ4v) is 6.33. The van der Waals surface area contributed by atoms with Crippen LogP contribution in [-0.2, 0) is 5.41 Å². The smallest absolute Gasteiger partial charge is 0.131 e. The zero-order valence-corrected chi connectivity index (χ0v) is 18.0. The Hall–Kier alpha value is -3.78. The maximum atomic E-state index is 6.56. The van der Waals surface area contributed by atoms with Crippen molar-refractivity contribution in [1.82, 2.24) is 4.57 Å². The number of allylic oxidation sites excluding steroid dienone is 4. The van der Waals surface area contributed by atoms with Crippen LogP contribution in [-0.4, -0.2) is 4.57 Å². The maximum absolute atomic E-state index is 6.56. The van der Waals surface area contributed by atoms with Crippen LogP contribution in [0.3, 0.4) is 0 Å². The van der Waals surface area contributed by atoms with E-state index >= 15 is 0 Å². The van der Waals surface area contributed by atoms with E-state index in [1.165, 1.54) is 33.5 Å². The molecule has 0 fully saturated rings. The molecule has 0 radical (unpaired) electrons. The number of benzene rings is 3. The molecule has 3 aromatic carbocycles. The minimum absolute atomic E-state index is 0.229. The van der Waals surface area contributed by atoms with Crippen molar-refractivity contribution < 1.29 is 4.74 Å². The fourth-order valence-electron chi connectivity index (χ4n) is 6.33. The van der Waals surface area contributed by atoms with Crippen molar-refractivity contribution in [1.29, 1.82) is 0 Å². The van der Waals surface area contributed by atoms with Crippen LogP contribution >= 0.6 is 0 Å². The van der Waals surface area contributed by atoms with Crippen molar-refractivity contribution in [2.75, 3.05) is 0 Å². The number of hydrogen-bond donors (Lipinski definition) is 0. The highest BCUT2D eigenvalue weighted by atomic mass is 16.5. The number of aromatic nitrogens is 1. The molecule has 0 bridgehead atoms. The Morgan fingerprint density at radius 3 is 2.41 bits per heavy atom. The van der Waals surface area contributed by atoms with E-state index in [9.17, 15) is 0 Å². The van der Waals surface area contributed by atoms with Gasteiger partial charge in [-0.05, 0) is 65.1 Å². The highest BCUT2D eigenvalue weighted by molar-refractivity contribution is 5.86. The first-order chi connectivity index (χ1) is 15.7. The van der Waals surface area contributed by atoms with Gasteiger partial charge in [-0.2, -0.15) is 0 Å². The molecule has 3 aliphatic rings. The molecule has 32 heavy (non-hydrogen) atoms. The molecule has 154 valence electrons. The molecule has 0 N–H and O–H groups in total. The van der Waals surface area contributed by atoms with Crippen molar-refractivity contribution in [3.8, 4) is 22.6 Å². The lowest BCUT2D eigenvalue weighted by molar-refractivity contribution is 0.153. The predicted octanol–water partition coefficient (Wildman–Crippen LogP) is 7.03. The molecule has 1 aromatic heterocycles. The SMILES string of the molecule is CC12CC=CC=C1Oc1ccccc1C21c2ccccc2-c2ccc(-n3cccc3)cc21. The average Bonchev–Trinajstić information content (AvgIpc) is 3.46. The molecule has 2 heterocycles. The van der Waals surface area contributed by atoms with Gasteiger partial charge in [0.05, 0.1) is 5.41 Å². The first kappa shape index (κ1) is 17.9. The normalized spacial score (nSPS) is 24.2. The summed E-state index contributed by atoms with van der Waals surface area (Å²) in [6, 6.07) is 28.7. The van der Waals surface area contributed by atoms with Crippen LogP contribution in [0.4, 0.5) is 0 Å². The number of rotatable bonds is 1. The van der Waals surface area contributed by atoms with Crippen LogP contribution in [0.5, 0.6) is 5.75 Å². The van der Waals surface area contributed by atoms with Gasteiger partial charge in [-0.15, -0.1) is 0 Å². The van der Waals surface area contributed by atoms with Crippen LogP contribution in [0.2, 0.25) is 0 Å². The van der Waals surface area contributed by atoms with E-state index in [-0.39, 0.29) is 10.8 Å². The molecule has 1 spiro atoms. The van der Waals surface area contributed by atoms with Gasteiger partial charge in [0.15, 0.2) is 0 Å². The van der Waals surface area contributed by atoms with Gasteiger partial charge in [0.2, 0.25) is 0 Å². The molecular formula is C30H23NO. The summed E-state index contributed by atoms with van der Waals surface area (Å²) in [5.41, 5.74) is 7.27. The summed E-state index contributed by atoms with van der Waals surface area (Å²) >= 11 is 0. The topological polar surface area (TPSA) is 14.2 Å². The lowest BCUT2D eigenvalue weighted by atomic mass is 9.52. The first-order valence-electron chi connectivity index (χ1n) is 11.3. The maximum Gasteiger partial charge on any atom is 0.131 e. The Bertz CT molecular complexity index is 1440. The summed E-state index contributed by atoms with van der Waals surface area (Å²) in [4.78, 5) is 0. The van der Waals surface area contributed by atoms with Crippen molar-refractivity contribution >= 4 is 0 Å². The summed E-state index contributed by atoms with van der Waals surface area (Å²) in [7, 11) is 0. The van der Waals surface area contributed by atoms with Crippen molar-refractivity contribution in [3.63, 3.8) is 0 Å². The van der Waals surface area contributed by atoms with Gasteiger partial charge < -0.3 is 9.30 Å². The predicted molar refractivity (Wildman–Crippen MR) is 128 cm³/mol. The summed E-state index contributed by atoms with van der Waals surface area (Å²) < 4.78 is 8.76. The Labute approximate surface area is 188 Å². The lowest BCUT2D eigenvalue weighted by Crippen LogP contribution is -2.50. The van der Waals surface area contributed by atoms with Crippen molar-refractivity contribution in [3.05, 3.63) is 132 Å². The van der Waals surface area contributed by atoms with E-state index in [4.69, 9.17) is 4.74 Å². The second-order valence-electron chi connectivity index (χ2n) is 9.21. The molecule has 7 rings (SSSR count). The van der Waals surface area contributed by atoms with Crippen LogP contribution in [0, 0.1) is 5.41 Å². The Balaban J connectivity index is 1.66. The molecule has 0 amide bonds. The summed E-state index contributed by atoms with van der Waals surface area (Å²) in [6.45, 7) is 2.38. The standard InChI is InChI=1S/C30H23NO/c1-29-17-7-6-14-28(29)32-27-13-5-4-12-25(27)30(29)24-11-3-2-10-22(24)23-16-15-21(20-26(23)30)31-18-8-9-19-31/h2-16,18-20H,17H2,1H3. The Kier molecular flexibility index (Phi) is 3.42. The van der Waals surface area contributed by atoms with E-state index < -0.39 is 0 Å². The van der Waals surface area contributed by atoms with Gasteiger partial charge in [0.25, 0.3) is 0 Å². The molecule has 0 saturated heterocycles. The van der Waals surface area contributed by atoms with Crippen molar-refractivity contribution in [2.45, 2.75) is 18.8 Å². The van der Waals surface area contributed by atoms with Crippen LogP contribution in [0.1, 0.15) is 30.0 Å². The highest BCUT2D eigenvalue weighted by Gasteiger charge is 2.61. The Morgan fingerprint density at radius 2 is 1.53 bits per heavy atom. The molecule has 2 aliphatic carbocycles. The first-order valence-corrected chi connectivity index (χ1v) is 11.3. The largest absolute Gasteiger partial charge is 0.461 e. The zero-order valence-electron chi connectivity index (χ0n) is 18.0. The lowest BCUT2D eigenvalue weighted by Gasteiger charge is -2.53. The Morgan fingerprint density at radius 1 is 0.781 bits per heavy atom. The van der Waals surface area contributed by atoms with E-state index in [1.807, 2.05) is 0 Å². The van der Waals surface area contributed by atoms with Gasteiger partial charge in [-0.1, -0.05) is 67.6 Å². The number of hydrogen-bond acceptors (Lipinski definition) is 1. The van der Waals surface area contributed by atoms with Gasteiger partial charge >= 0.3 is 0 Å². The molecule has 1 aliphatic heterocycles. The fraction of sp³-hybridized carbons (Fsp3) is 0.133. The molecular weight excluding hydrogens is 390 g/mol. The highest BCUT2D eigenvalue weighted by Crippen LogP contribution is 2.68. The van der Waals surface area contributed by atoms with Crippen LogP contribution < -0.4 is 4.74 Å². The second kappa shape index (κ2) is 6.14. The number of para-hydroxylation sites is 1. The van der Waals surface area contributed by atoms with E-state index in [0.717, 1.165) is 17.9 Å². The van der Waals surface area contributed by atoms with Gasteiger partial charge in [0, 0.05) is 29.1 Å². The third-order valence-corrected chi connectivity index (χ3v) is 7.72. The summed E-state index contributed by atoms with van der Waals surface area (Å²) in [5.74, 6) is 2.01. The molecule has 0 saturated carbocycles. The van der Waals surface area contributed by atoms with Crippen molar-refractivity contribution in [2.24, 2.45) is 5.41 Å².